The molecule has 1 saturated carbocycles. The molecule has 1 atom stereocenters. The zero-order valence-electron chi connectivity index (χ0n) is 10.1. The lowest BCUT2D eigenvalue weighted by Crippen LogP contribution is -2.41. The minimum absolute atomic E-state index is 0.0524. The van der Waals surface area contributed by atoms with E-state index in [2.05, 4.69) is 0 Å². The molecule has 2 rings (SSSR count). The van der Waals surface area contributed by atoms with E-state index in [0.717, 1.165) is 25.7 Å². The predicted octanol–water partition coefficient (Wildman–Crippen LogP) is 1.66. The molecule has 94 valence electrons. The van der Waals surface area contributed by atoms with Gasteiger partial charge in [-0.3, -0.25) is 9.59 Å². The number of carboxylic acids is 1. The van der Waals surface area contributed by atoms with Crippen LogP contribution in [-0.4, -0.2) is 34.5 Å². The van der Waals surface area contributed by atoms with E-state index < -0.39 is 11.9 Å². The van der Waals surface area contributed by atoms with Gasteiger partial charge in [-0.05, 0) is 25.7 Å². The molecule has 4 nitrogen and oxygen atoms in total. The number of carbonyl (C=O) groups is 2. The van der Waals surface area contributed by atoms with Crippen LogP contribution in [0.4, 0.5) is 0 Å². The van der Waals surface area contributed by atoms with Crippen LogP contribution < -0.4 is 0 Å². The summed E-state index contributed by atoms with van der Waals surface area (Å²) in [5.41, 5.74) is 0. The molecule has 2 aliphatic carbocycles. The summed E-state index contributed by atoms with van der Waals surface area (Å²) in [5, 5.41) is 8.93. The number of hydrogen-bond acceptors (Lipinski definition) is 2. The van der Waals surface area contributed by atoms with Gasteiger partial charge < -0.3 is 10.0 Å². The number of rotatable bonds is 5. The van der Waals surface area contributed by atoms with E-state index in [4.69, 9.17) is 5.11 Å². The molecule has 0 aromatic rings. The molecule has 0 saturated heterocycles. The first-order valence-electron chi connectivity index (χ1n) is 6.28. The first-order chi connectivity index (χ1) is 8.09. The van der Waals surface area contributed by atoms with Gasteiger partial charge in [0.25, 0.3) is 0 Å². The zero-order valence-corrected chi connectivity index (χ0v) is 10.1. The Morgan fingerprint density at radius 3 is 2.41 bits per heavy atom. The van der Waals surface area contributed by atoms with Crippen molar-refractivity contribution in [3.8, 4) is 0 Å². The van der Waals surface area contributed by atoms with Crippen LogP contribution in [0.3, 0.4) is 0 Å². The quantitative estimate of drug-likeness (QED) is 0.740. The topological polar surface area (TPSA) is 57.6 Å². The van der Waals surface area contributed by atoms with Crippen LogP contribution in [0.15, 0.2) is 12.2 Å². The van der Waals surface area contributed by atoms with Crippen LogP contribution in [0.25, 0.3) is 0 Å². The van der Waals surface area contributed by atoms with Crippen LogP contribution in [0.2, 0.25) is 0 Å². The van der Waals surface area contributed by atoms with Crippen molar-refractivity contribution in [3.63, 3.8) is 0 Å². The van der Waals surface area contributed by atoms with Gasteiger partial charge in [0, 0.05) is 18.5 Å². The van der Waals surface area contributed by atoms with E-state index in [0.29, 0.717) is 12.6 Å². The van der Waals surface area contributed by atoms with E-state index in [1.54, 1.807) is 11.8 Å². The third-order valence-electron chi connectivity index (χ3n) is 3.52. The van der Waals surface area contributed by atoms with Gasteiger partial charge in [0.05, 0.1) is 5.92 Å². The lowest BCUT2D eigenvalue weighted by atomic mass is 10.0. The molecular weight excluding hydrogens is 218 g/mol. The molecule has 4 heteroatoms. The van der Waals surface area contributed by atoms with Gasteiger partial charge >= 0.3 is 5.97 Å². The standard InChI is InChI=1S/C13H19NO3/c1-9(13(16)17)8-14(11-6-7-11)12(15)10-4-2-3-5-10/h2-3,9-11H,4-8H2,1H3,(H,16,17)/t9-/m0/s1. The van der Waals surface area contributed by atoms with Crippen molar-refractivity contribution >= 4 is 11.9 Å². The van der Waals surface area contributed by atoms with E-state index in [1.807, 2.05) is 12.2 Å². The minimum atomic E-state index is -0.826. The molecule has 0 aromatic carbocycles. The van der Waals surface area contributed by atoms with Crippen LogP contribution in [0, 0.1) is 11.8 Å². The number of hydrogen-bond donors (Lipinski definition) is 1. The summed E-state index contributed by atoms with van der Waals surface area (Å²) in [6, 6.07) is 0.296. The molecule has 1 fully saturated rings. The summed E-state index contributed by atoms with van der Waals surface area (Å²) in [4.78, 5) is 25.0. The van der Waals surface area contributed by atoms with Crippen LogP contribution in [-0.2, 0) is 9.59 Å². The van der Waals surface area contributed by atoms with Crippen LogP contribution >= 0.6 is 0 Å². The monoisotopic (exact) mass is 237 g/mol. The average molecular weight is 237 g/mol. The smallest absolute Gasteiger partial charge is 0.308 e. The lowest BCUT2D eigenvalue weighted by Gasteiger charge is -2.27. The molecule has 1 amide bonds. The molecule has 1 N–H and O–H groups in total. The highest BCUT2D eigenvalue weighted by molar-refractivity contribution is 5.81. The number of amides is 1. The van der Waals surface area contributed by atoms with E-state index >= 15 is 0 Å². The molecular formula is C13H19NO3. The van der Waals surface area contributed by atoms with Gasteiger partial charge in [-0.1, -0.05) is 19.1 Å². The lowest BCUT2D eigenvalue weighted by molar-refractivity contribution is -0.144. The molecule has 0 aliphatic heterocycles. The number of carboxylic acid groups (broad SMARTS) is 1. The van der Waals surface area contributed by atoms with Gasteiger partial charge in [-0.25, -0.2) is 0 Å². The SMILES string of the molecule is C[C@@H](CN(C(=O)C1CC=CC1)C1CC1)C(=O)O. The van der Waals surface area contributed by atoms with Crippen molar-refractivity contribution in [2.45, 2.75) is 38.6 Å². The Labute approximate surface area is 101 Å². The summed E-state index contributed by atoms with van der Waals surface area (Å²) in [7, 11) is 0. The summed E-state index contributed by atoms with van der Waals surface area (Å²) in [5.74, 6) is -1.11. The Morgan fingerprint density at radius 1 is 1.35 bits per heavy atom. The highest BCUT2D eigenvalue weighted by atomic mass is 16.4. The second-order valence-electron chi connectivity index (χ2n) is 5.10. The van der Waals surface area contributed by atoms with Gasteiger partial charge in [0.15, 0.2) is 0 Å². The summed E-state index contributed by atoms with van der Waals surface area (Å²) in [6.07, 6.45) is 7.74. The molecule has 0 bridgehead atoms. The van der Waals surface area contributed by atoms with Gasteiger partial charge in [-0.15, -0.1) is 0 Å². The van der Waals surface area contributed by atoms with Crippen molar-refractivity contribution in [3.05, 3.63) is 12.2 Å². The molecule has 2 aliphatic rings. The predicted molar refractivity (Wildman–Crippen MR) is 63.4 cm³/mol. The fourth-order valence-corrected chi connectivity index (χ4v) is 2.23. The Bertz CT molecular complexity index is 339. The summed E-state index contributed by atoms with van der Waals surface area (Å²) < 4.78 is 0. The fourth-order valence-electron chi connectivity index (χ4n) is 2.23. The van der Waals surface area contributed by atoms with Crippen LogP contribution in [0.5, 0.6) is 0 Å². The molecule has 17 heavy (non-hydrogen) atoms. The largest absolute Gasteiger partial charge is 0.481 e. The van der Waals surface area contributed by atoms with E-state index in [-0.39, 0.29) is 11.8 Å². The molecule has 0 spiro atoms. The number of carbonyl (C=O) groups excluding carboxylic acids is 1. The Kier molecular flexibility index (Phi) is 3.50. The molecule has 0 aromatic heterocycles. The average Bonchev–Trinajstić information content (AvgIpc) is 2.98. The summed E-state index contributed by atoms with van der Waals surface area (Å²) >= 11 is 0. The Hall–Kier alpha value is -1.32. The number of allylic oxidation sites excluding steroid dienone is 2. The maximum absolute atomic E-state index is 12.3. The third-order valence-corrected chi connectivity index (χ3v) is 3.52. The molecule has 0 heterocycles. The normalized spacial score (nSPS) is 21.5. The van der Waals surface area contributed by atoms with Crippen molar-refractivity contribution < 1.29 is 14.7 Å². The number of aliphatic carboxylic acids is 1. The Morgan fingerprint density at radius 2 is 1.94 bits per heavy atom. The molecule has 0 radical (unpaired) electrons. The first kappa shape index (κ1) is 12.1. The van der Waals surface area contributed by atoms with Crippen molar-refractivity contribution in [1.82, 2.24) is 4.90 Å². The second kappa shape index (κ2) is 4.90. The zero-order chi connectivity index (χ0) is 12.4. The summed E-state index contributed by atoms with van der Waals surface area (Å²) in [6.45, 7) is 2.02. The van der Waals surface area contributed by atoms with Crippen molar-refractivity contribution in [2.75, 3.05) is 6.54 Å². The highest BCUT2D eigenvalue weighted by Crippen LogP contribution is 2.31. The Balaban J connectivity index is 1.96. The van der Waals surface area contributed by atoms with E-state index in [1.165, 1.54) is 0 Å². The van der Waals surface area contributed by atoms with Gasteiger partial charge in [0.2, 0.25) is 5.91 Å². The van der Waals surface area contributed by atoms with Crippen molar-refractivity contribution in [1.29, 1.82) is 0 Å². The first-order valence-corrected chi connectivity index (χ1v) is 6.28. The minimum Gasteiger partial charge on any atom is -0.481 e. The van der Waals surface area contributed by atoms with Gasteiger partial charge in [0.1, 0.15) is 0 Å². The van der Waals surface area contributed by atoms with Crippen molar-refractivity contribution in [2.24, 2.45) is 11.8 Å². The maximum Gasteiger partial charge on any atom is 0.308 e. The van der Waals surface area contributed by atoms with Gasteiger partial charge in [-0.2, -0.15) is 0 Å². The van der Waals surface area contributed by atoms with Crippen LogP contribution in [0.1, 0.15) is 32.6 Å². The maximum atomic E-state index is 12.3. The van der Waals surface area contributed by atoms with E-state index in [9.17, 15) is 9.59 Å². The second-order valence-corrected chi connectivity index (χ2v) is 5.10. The fraction of sp³-hybridized carbons (Fsp3) is 0.692. The molecule has 0 unspecified atom stereocenters. The number of nitrogens with zero attached hydrogens (tertiary/aromatic N) is 1. The third kappa shape index (κ3) is 2.87. The highest BCUT2D eigenvalue weighted by Gasteiger charge is 2.37.